The molecule has 0 aromatic heterocycles. The average molecular weight is 344 g/mol. The van der Waals surface area contributed by atoms with Gasteiger partial charge in [0.25, 0.3) is 0 Å². The van der Waals surface area contributed by atoms with E-state index >= 15 is 0 Å². The summed E-state index contributed by atoms with van der Waals surface area (Å²) in [6.07, 6.45) is 2.80. The van der Waals surface area contributed by atoms with Crippen molar-refractivity contribution in [2.24, 2.45) is 0 Å². The van der Waals surface area contributed by atoms with Gasteiger partial charge in [0.2, 0.25) is 0 Å². The summed E-state index contributed by atoms with van der Waals surface area (Å²) in [6, 6.07) is 7.06. The van der Waals surface area contributed by atoms with Gasteiger partial charge in [-0.25, -0.2) is 9.59 Å². The number of ether oxygens (including phenoxy) is 2. The van der Waals surface area contributed by atoms with E-state index in [2.05, 4.69) is 17.6 Å². The second-order valence-electron chi connectivity index (χ2n) is 6.40. The lowest BCUT2D eigenvalue weighted by atomic mass is 9.94. The molecule has 3 rings (SSSR count). The zero-order valence-electron chi connectivity index (χ0n) is 14.6. The summed E-state index contributed by atoms with van der Waals surface area (Å²) in [4.78, 5) is 24.5. The summed E-state index contributed by atoms with van der Waals surface area (Å²) in [5, 5.41) is 5.48. The monoisotopic (exact) mass is 344 g/mol. The molecule has 2 N–H and O–H groups in total. The van der Waals surface area contributed by atoms with E-state index in [1.165, 1.54) is 5.56 Å². The van der Waals surface area contributed by atoms with Gasteiger partial charge in [0, 0.05) is 12.3 Å². The van der Waals surface area contributed by atoms with Gasteiger partial charge in [0.1, 0.15) is 6.61 Å². The standard InChI is InChI=1S/C19H24N2O4/c1-3-13-6-8-14(9-7-13)17-16(12(2)20-19(23)21-17)18(22)25-11-15-5-4-10-24-15/h6-9,15,17H,3-5,10-11H2,1-2H3,(H2,20,21,23)/t15-,17+/m1/s1. The highest BCUT2D eigenvalue weighted by molar-refractivity contribution is 5.95. The van der Waals surface area contributed by atoms with Crippen LogP contribution in [0.4, 0.5) is 4.79 Å². The summed E-state index contributed by atoms with van der Waals surface area (Å²) in [5.41, 5.74) is 3.01. The summed E-state index contributed by atoms with van der Waals surface area (Å²) in [5.74, 6) is -0.426. The SMILES string of the molecule is CCc1ccc([C@@H]2NC(=O)NC(C)=C2C(=O)OC[C@H]2CCCO2)cc1. The molecule has 0 radical (unpaired) electrons. The van der Waals surface area contributed by atoms with Crippen molar-refractivity contribution in [1.82, 2.24) is 10.6 Å². The van der Waals surface area contributed by atoms with Crippen molar-refractivity contribution in [3.63, 3.8) is 0 Å². The van der Waals surface area contributed by atoms with Crippen LogP contribution in [-0.2, 0) is 20.7 Å². The number of rotatable bonds is 5. The quantitative estimate of drug-likeness (QED) is 0.805. The first-order valence-corrected chi connectivity index (χ1v) is 8.74. The van der Waals surface area contributed by atoms with Gasteiger partial charge in [0.15, 0.2) is 0 Å². The Bertz CT molecular complexity index is 675. The molecule has 1 saturated heterocycles. The lowest BCUT2D eigenvalue weighted by Crippen LogP contribution is -2.45. The van der Waals surface area contributed by atoms with Gasteiger partial charge in [-0.15, -0.1) is 0 Å². The largest absolute Gasteiger partial charge is 0.459 e. The zero-order valence-corrected chi connectivity index (χ0v) is 14.6. The number of esters is 1. The van der Waals surface area contributed by atoms with Gasteiger partial charge in [-0.2, -0.15) is 0 Å². The highest BCUT2D eigenvalue weighted by Crippen LogP contribution is 2.28. The molecule has 6 nitrogen and oxygen atoms in total. The van der Waals surface area contributed by atoms with Crippen LogP contribution in [0.5, 0.6) is 0 Å². The van der Waals surface area contributed by atoms with Crippen LogP contribution in [0.1, 0.15) is 43.9 Å². The maximum absolute atomic E-state index is 12.7. The van der Waals surface area contributed by atoms with Gasteiger partial charge in [0.05, 0.1) is 17.7 Å². The lowest BCUT2D eigenvalue weighted by molar-refractivity contribution is -0.142. The summed E-state index contributed by atoms with van der Waals surface area (Å²) in [6.45, 7) is 4.76. The molecule has 2 atom stereocenters. The Kier molecular flexibility index (Phi) is 5.38. The average Bonchev–Trinajstić information content (AvgIpc) is 3.12. The number of carbonyl (C=O) groups is 2. The Hall–Kier alpha value is -2.34. The molecule has 134 valence electrons. The van der Waals surface area contributed by atoms with Crippen LogP contribution in [0.2, 0.25) is 0 Å². The van der Waals surface area contributed by atoms with Gasteiger partial charge in [-0.3, -0.25) is 0 Å². The van der Waals surface area contributed by atoms with Gasteiger partial charge < -0.3 is 20.1 Å². The number of carbonyl (C=O) groups excluding carboxylic acids is 2. The van der Waals surface area contributed by atoms with E-state index in [1.54, 1.807) is 6.92 Å². The Morgan fingerprint density at radius 2 is 2.08 bits per heavy atom. The molecule has 1 aromatic rings. The first-order valence-electron chi connectivity index (χ1n) is 8.74. The highest BCUT2D eigenvalue weighted by Gasteiger charge is 2.32. The predicted octanol–water partition coefficient (Wildman–Crippen LogP) is 2.60. The fourth-order valence-electron chi connectivity index (χ4n) is 3.18. The molecule has 0 unspecified atom stereocenters. The molecule has 2 aliphatic rings. The molecule has 0 bridgehead atoms. The van der Waals surface area contributed by atoms with Crippen molar-refractivity contribution in [3.8, 4) is 0 Å². The highest BCUT2D eigenvalue weighted by atomic mass is 16.6. The number of urea groups is 1. The summed E-state index contributed by atoms with van der Waals surface area (Å²) < 4.78 is 10.9. The normalized spacial score (nSPS) is 23.2. The van der Waals surface area contributed by atoms with E-state index in [0.717, 1.165) is 24.8 Å². The molecular weight excluding hydrogens is 320 g/mol. The van der Waals surface area contributed by atoms with E-state index in [9.17, 15) is 9.59 Å². The minimum absolute atomic E-state index is 0.0294. The fraction of sp³-hybridized carbons (Fsp3) is 0.474. The molecular formula is C19H24N2O4. The van der Waals surface area contributed by atoms with Crippen molar-refractivity contribution in [3.05, 3.63) is 46.7 Å². The molecule has 6 heteroatoms. The Morgan fingerprint density at radius 1 is 1.32 bits per heavy atom. The number of hydrogen-bond donors (Lipinski definition) is 2. The van der Waals surface area contributed by atoms with Crippen LogP contribution < -0.4 is 10.6 Å². The van der Waals surface area contributed by atoms with Crippen LogP contribution in [0.3, 0.4) is 0 Å². The fourth-order valence-corrected chi connectivity index (χ4v) is 3.18. The van der Waals surface area contributed by atoms with E-state index in [4.69, 9.17) is 9.47 Å². The zero-order chi connectivity index (χ0) is 17.8. The topological polar surface area (TPSA) is 76.7 Å². The molecule has 0 spiro atoms. The lowest BCUT2D eigenvalue weighted by Gasteiger charge is -2.28. The first kappa shape index (κ1) is 17.5. The maximum atomic E-state index is 12.7. The third-order valence-corrected chi connectivity index (χ3v) is 4.63. The minimum Gasteiger partial charge on any atom is -0.459 e. The summed E-state index contributed by atoms with van der Waals surface area (Å²) in [7, 11) is 0. The van der Waals surface area contributed by atoms with Crippen molar-refractivity contribution >= 4 is 12.0 Å². The van der Waals surface area contributed by atoms with Crippen LogP contribution in [0.25, 0.3) is 0 Å². The van der Waals surface area contributed by atoms with Crippen LogP contribution in [0.15, 0.2) is 35.5 Å². The van der Waals surface area contributed by atoms with Crippen molar-refractivity contribution in [2.75, 3.05) is 13.2 Å². The molecule has 25 heavy (non-hydrogen) atoms. The first-order chi connectivity index (χ1) is 12.1. The minimum atomic E-state index is -0.517. The Balaban J connectivity index is 1.79. The molecule has 1 aromatic carbocycles. The van der Waals surface area contributed by atoms with E-state index < -0.39 is 12.0 Å². The second kappa shape index (κ2) is 7.70. The van der Waals surface area contributed by atoms with Crippen LogP contribution in [0, 0.1) is 0 Å². The van der Waals surface area contributed by atoms with Gasteiger partial charge in [-0.05, 0) is 37.3 Å². The van der Waals surface area contributed by atoms with Crippen LogP contribution in [-0.4, -0.2) is 31.3 Å². The van der Waals surface area contributed by atoms with E-state index in [1.807, 2.05) is 24.3 Å². The van der Waals surface area contributed by atoms with Crippen molar-refractivity contribution in [2.45, 2.75) is 45.3 Å². The number of amides is 2. The number of benzene rings is 1. The van der Waals surface area contributed by atoms with E-state index in [0.29, 0.717) is 17.9 Å². The third-order valence-electron chi connectivity index (χ3n) is 4.63. The van der Waals surface area contributed by atoms with Gasteiger partial charge in [-0.1, -0.05) is 31.2 Å². The number of allylic oxidation sites excluding steroid dienone is 1. The van der Waals surface area contributed by atoms with E-state index in [-0.39, 0.29) is 18.7 Å². The second-order valence-corrected chi connectivity index (χ2v) is 6.40. The van der Waals surface area contributed by atoms with Gasteiger partial charge >= 0.3 is 12.0 Å². The predicted molar refractivity (Wildman–Crippen MR) is 92.9 cm³/mol. The number of hydrogen-bond acceptors (Lipinski definition) is 4. The van der Waals surface area contributed by atoms with Crippen molar-refractivity contribution < 1.29 is 19.1 Å². The van der Waals surface area contributed by atoms with Crippen molar-refractivity contribution in [1.29, 1.82) is 0 Å². The molecule has 0 saturated carbocycles. The number of aryl methyl sites for hydroxylation is 1. The molecule has 2 heterocycles. The third kappa shape index (κ3) is 4.02. The molecule has 1 fully saturated rings. The number of nitrogens with one attached hydrogen (secondary N) is 2. The maximum Gasteiger partial charge on any atom is 0.338 e. The molecule has 2 amide bonds. The smallest absolute Gasteiger partial charge is 0.338 e. The Morgan fingerprint density at radius 3 is 2.72 bits per heavy atom. The Labute approximate surface area is 147 Å². The molecule has 0 aliphatic carbocycles. The molecule has 2 aliphatic heterocycles. The summed E-state index contributed by atoms with van der Waals surface area (Å²) >= 11 is 0. The van der Waals surface area contributed by atoms with Crippen LogP contribution >= 0.6 is 0 Å².